The number of nitrogens with one attached hydrogen (secondary N) is 2. The van der Waals surface area contributed by atoms with Crippen LogP contribution in [0.5, 0.6) is 0 Å². The van der Waals surface area contributed by atoms with E-state index in [0.717, 1.165) is 22.5 Å². The molecule has 1 fully saturated rings. The Morgan fingerprint density at radius 3 is 2.11 bits per heavy atom. The van der Waals surface area contributed by atoms with Crippen LogP contribution in [0.15, 0.2) is 78.9 Å². The molecule has 3 nitrogen and oxygen atoms in total. The van der Waals surface area contributed by atoms with Crippen LogP contribution in [0.1, 0.15) is 54.6 Å². The predicted molar refractivity (Wildman–Crippen MR) is 116 cm³/mol. The molecule has 5 rings (SSSR count). The summed E-state index contributed by atoms with van der Waals surface area (Å²) in [5.41, 5.74) is 5.79. The van der Waals surface area contributed by atoms with Crippen LogP contribution in [0.3, 0.4) is 0 Å². The summed E-state index contributed by atoms with van der Waals surface area (Å²) >= 11 is 0. The van der Waals surface area contributed by atoms with Gasteiger partial charge in [0.25, 0.3) is 0 Å². The Morgan fingerprint density at radius 1 is 0.821 bits per heavy atom. The third-order valence-electron chi connectivity index (χ3n) is 5.82. The Bertz CT molecular complexity index is 1010. The van der Waals surface area contributed by atoms with Crippen molar-refractivity contribution in [2.75, 3.05) is 5.32 Å². The monoisotopic (exact) mass is 367 g/mol. The number of hydrogen-bond acceptors (Lipinski definition) is 2. The third-order valence-corrected chi connectivity index (χ3v) is 5.82. The molecule has 0 aliphatic heterocycles. The van der Waals surface area contributed by atoms with Gasteiger partial charge in [-0.15, -0.1) is 0 Å². The molecule has 0 bridgehead atoms. The van der Waals surface area contributed by atoms with Crippen LogP contribution in [0.25, 0.3) is 11.0 Å². The fourth-order valence-corrected chi connectivity index (χ4v) is 4.33. The molecule has 0 radical (unpaired) electrons. The van der Waals surface area contributed by atoms with Gasteiger partial charge in [0.15, 0.2) is 0 Å². The highest BCUT2D eigenvalue weighted by Gasteiger charge is 2.20. The zero-order valence-corrected chi connectivity index (χ0v) is 15.9. The van der Waals surface area contributed by atoms with Crippen molar-refractivity contribution in [3.8, 4) is 0 Å². The van der Waals surface area contributed by atoms with Gasteiger partial charge >= 0.3 is 0 Å². The number of aromatic amines is 1. The number of nitrogens with zero attached hydrogens (tertiary/aromatic N) is 1. The molecule has 1 heterocycles. The first-order valence-electron chi connectivity index (χ1n) is 10.2. The zero-order chi connectivity index (χ0) is 18.8. The summed E-state index contributed by atoms with van der Waals surface area (Å²) in [5.74, 6) is 1.76. The number of fused-ring (bicyclic) bond motifs is 1. The van der Waals surface area contributed by atoms with Crippen LogP contribution in [-0.2, 0) is 0 Å². The van der Waals surface area contributed by atoms with Crippen LogP contribution >= 0.6 is 0 Å². The molecular weight excluding hydrogens is 342 g/mol. The maximum Gasteiger partial charge on any atom is 0.110 e. The maximum absolute atomic E-state index is 4.85. The first-order valence-corrected chi connectivity index (χ1v) is 10.2. The zero-order valence-electron chi connectivity index (χ0n) is 15.9. The Kier molecular flexibility index (Phi) is 4.58. The smallest absolute Gasteiger partial charge is 0.110 e. The first kappa shape index (κ1) is 17.1. The van der Waals surface area contributed by atoms with Gasteiger partial charge < -0.3 is 10.3 Å². The van der Waals surface area contributed by atoms with Crippen molar-refractivity contribution in [1.29, 1.82) is 0 Å². The van der Waals surface area contributed by atoms with Crippen molar-refractivity contribution < 1.29 is 0 Å². The van der Waals surface area contributed by atoms with Gasteiger partial charge in [-0.2, -0.15) is 0 Å². The highest BCUT2D eigenvalue weighted by Crippen LogP contribution is 2.34. The molecule has 0 saturated heterocycles. The van der Waals surface area contributed by atoms with E-state index in [9.17, 15) is 0 Å². The van der Waals surface area contributed by atoms with Crippen molar-refractivity contribution in [3.05, 3.63) is 95.8 Å². The summed E-state index contributed by atoms with van der Waals surface area (Å²) in [5, 5.41) is 3.73. The highest BCUT2D eigenvalue weighted by molar-refractivity contribution is 5.79. The van der Waals surface area contributed by atoms with Crippen LogP contribution in [0.4, 0.5) is 5.69 Å². The molecule has 0 unspecified atom stereocenters. The lowest BCUT2D eigenvalue weighted by atomic mass is 9.98. The average molecular weight is 367 g/mol. The maximum atomic E-state index is 4.85. The van der Waals surface area contributed by atoms with Crippen molar-refractivity contribution >= 4 is 16.7 Å². The Labute approximate surface area is 165 Å². The Hall–Kier alpha value is -3.07. The summed E-state index contributed by atoms with van der Waals surface area (Å²) in [4.78, 5) is 8.43. The lowest BCUT2D eigenvalue weighted by molar-refractivity contribution is 0.681. The summed E-state index contributed by atoms with van der Waals surface area (Å²) in [6.45, 7) is 0. The van der Waals surface area contributed by atoms with E-state index < -0.39 is 0 Å². The van der Waals surface area contributed by atoms with E-state index >= 15 is 0 Å². The second-order valence-electron chi connectivity index (χ2n) is 7.73. The molecule has 1 aromatic heterocycles. The van der Waals surface area contributed by atoms with Crippen LogP contribution in [0.2, 0.25) is 0 Å². The molecule has 0 spiro atoms. The van der Waals surface area contributed by atoms with Gasteiger partial charge in [-0.05, 0) is 42.2 Å². The Balaban J connectivity index is 1.47. The largest absolute Gasteiger partial charge is 0.374 e. The Morgan fingerprint density at radius 2 is 1.46 bits per heavy atom. The van der Waals surface area contributed by atoms with Gasteiger partial charge in [-0.25, -0.2) is 4.98 Å². The molecule has 4 aromatic rings. The van der Waals surface area contributed by atoms with E-state index in [1.54, 1.807) is 0 Å². The van der Waals surface area contributed by atoms with E-state index in [-0.39, 0.29) is 6.04 Å². The molecular formula is C25H25N3. The fourth-order valence-electron chi connectivity index (χ4n) is 4.33. The molecule has 2 N–H and O–H groups in total. The van der Waals surface area contributed by atoms with Gasteiger partial charge in [-0.3, -0.25) is 0 Å². The number of rotatable bonds is 5. The minimum Gasteiger partial charge on any atom is -0.374 e. The molecule has 1 aliphatic rings. The van der Waals surface area contributed by atoms with E-state index in [0.29, 0.717) is 5.92 Å². The molecule has 0 atom stereocenters. The standard InChI is InChI=1S/C25H25N3/c1-3-9-18(10-4-1)24(19-11-5-2-6-12-19)26-21-15-16-22-23(17-21)28-25(27-22)20-13-7-8-14-20/h1-6,9-12,15-17,20,24,26H,7-8,13-14H2,(H,27,28). The van der Waals surface area contributed by atoms with Gasteiger partial charge in [0.2, 0.25) is 0 Å². The summed E-state index contributed by atoms with van der Waals surface area (Å²) < 4.78 is 0. The number of aromatic nitrogens is 2. The molecule has 3 aromatic carbocycles. The van der Waals surface area contributed by atoms with E-state index in [1.165, 1.54) is 36.8 Å². The molecule has 28 heavy (non-hydrogen) atoms. The van der Waals surface area contributed by atoms with E-state index in [1.807, 2.05) is 0 Å². The number of imidazole rings is 1. The summed E-state index contributed by atoms with van der Waals surface area (Å²) in [6, 6.07) is 27.8. The van der Waals surface area contributed by atoms with Crippen LogP contribution in [-0.4, -0.2) is 9.97 Å². The number of H-pyrrole nitrogens is 1. The van der Waals surface area contributed by atoms with Crippen molar-refractivity contribution in [1.82, 2.24) is 9.97 Å². The average Bonchev–Trinajstić information content (AvgIpc) is 3.42. The first-order chi connectivity index (χ1) is 13.9. The molecule has 3 heteroatoms. The third kappa shape index (κ3) is 3.40. The van der Waals surface area contributed by atoms with Gasteiger partial charge in [0.05, 0.1) is 17.1 Å². The lowest BCUT2D eigenvalue weighted by Crippen LogP contribution is -2.12. The number of benzene rings is 3. The molecule has 0 amide bonds. The second kappa shape index (κ2) is 7.51. The quantitative estimate of drug-likeness (QED) is 0.427. The van der Waals surface area contributed by atoms with Crippen molar-refractivity contribution in [2.24, 2.45) is 0 Å². The van der Waals surface area contributed by atoms with E-state index in [2.05, 4.69) is 89.2 Å². The normalized spacial score (nSPS) is 14.8. The fraction of sp³-hybridized carbons (Fsp3) is 0.240. The molecule has 1 saturated carbocycles. The minimum absolute atomic E-state index is 0.108. The van der Waals surface area contributed by atoms with Crippen molar-refractivity contribution in [3.63, 3.8) is 0 Å². The second-order valence-corrected chi connectivity index (χ2v) is 7.73. The lowest BCUT2D eigenvalue weighted by Gasteiger charge is -2.21. The number of anilines is 1. The van der Waals surface area contributed by atoms with Gasteiger partial charge in [-0.1, -0.05) is 73.5 Å². The highest BCUT2D eigenvalue weighted by atomic mass is 14.9. The molecule has 140 valence electrons. The van der Waals surface area contributed by atoms with E-state index in [4.69, 9.17) is 4.98 Å². The topological polar surface area (TPSA) is 40.7 Å². The summed E-state index contributed by atoms with van der Waals surface area (Å²) in [6.07, 6.45) is 5.17. The molecule has 1 aliphatic carbocycles. The van der Waals surface area contributed by atoms with Crippen LogP contribution in [0, 0.1) is 0 Å². The van der Waals surface area contributed by atoms with Crippen molar-refractivity contribution in [2.45, 2.75) is 37.6 Å². The SMILES string of the molecule is c1ccc(C(Nc2ccc3nc(C4CCCC4)[nH]c3c2)c2ccccc2)cc1. The van der Waals surface area contributed by atoms with Gasteiger partial charge in [0, 0.05) is 11.6 Å². The minimum atomic E-state index is 0.108. The summed E-state index contributed by atoms with van der Waals surface area (Å²) in [7, 11) is 0. The number of hydrogen-bond donors (Lipinski definition) is 2. The van der Waals surface area contributed by atoms with Gasteiger partial charge in [0.1, 0.15) is 5.82 Å². The van der Waals surface area contributed by atoms with Crippen LogP contribution < -0.4 is 5.32 Å². The predicted octanol–water partition coefficient (Wildman–Crippen LogP) is 6.42.